The minimum absolute atomic E-state index is 0.121. The van der Waals surface area contributed by atoms with Crippen LogP contribution in [0.2, 0.25) is 0 Å². The third kappa shape index (κ3) is 3.14. The van der Waals surface area contributed by atoms with E-state index in [4.69, 9.17) is 5.11 Å². The summed E-state index contributed by atoms with van der Waals surface area (Å²) >= 11 is 4.80. The quantitative estimate of drug-likeness (QED) is 0.667. The summed E-state index contributed by atoms with van der Waals surface area (Å²) in [5, 5.41) is 8.64. The Labute approximate surface area is 89.5 Å². The number of halogens is 1. The second-order valence-corrected chi connectivity index (χ2v) is 4.42. The van der Waals surface area contributed by atoms with E-state index in [9.17, 15) is 4.79 Å². The van der Waals surface area contributed by atoms with E-state index in [2.05, 4.69) is 15.9 Å². The van der Waals surface area contributed by atoms with Crippen LogP contribution in [0.25, 0.3) is 0 Å². The van der Waals surface area contributed by atoms with E-state index in [1.54, 1.807) is 6.07 Å². The molecule has 4 heteroatoms. The summed E-state index contributed by atoms with van der Waals surface area (Å²) in [6.45, 7) is 0.121. The second kappa shape index (κ2) is 5.42. The third-order valence-corrected chi connectivity index (χ3v) is 3.00. The fourth-order valence-electron chi connectivity index (χ4n) is 0.886. The normalized spacial score (nSPS) is 10.0. The van der Waals surface area contributed by atoms with E-state index >= 15 is 0 Å². The number of hydrogen-bond acceptors (Lipinski definition) is 3. The Kier molecular flexibility index (Phi) is 4.48. The number of carbonyl (C=O) groups excluding carboxylic acids is 1. The molecule has 0 saturated carbocycles. The molecular formula is C9H9BrO2S. The molecule has 1 aromatic rings. The van der Waals surface area contributed by atoms with Crippen molar-refractivity contribution in [3.05, 3.63) is 28.2 Å². The van der Waals surface area contributed by atoms with Gasteiger partial charge in [-0.3, -0.25) is 4.79 Å². The van der Waals surface area contributed by atoms with Gasteiger partial charge >= 0.3 is 0 Å². The minimum Gasteiger partial charge on any atom is -0.396 e. The molecule has 0 radical (unpaired) electrons. The zero-order valence-corrected chi connectivity index (χ0v) is 9.27. The SMILES string of the molecule is O=Cc1ccc(Br)cc1SCCO. The monoisotopic (exact) mass is 260 g/mol. The third-order valence-electron chi connectivity index (χ3n) is 1.45. The molecule has 0 atom stereocenters. The molecule has 0 amide bonds. The summed E-state index contributed by atoms with van der Waals surface area (Å²) in [6.07, 6.45) is 0.826. The topological polar surface area (TPSA) is 37.3 Å². The lowest BCUT2D eigenvalue weighted by Gasteiger charge is -2.03. The smallest absolute Gasteiger partial charge is 0.151 e. The first-order valence-corrected chi connectivity index (χ1v) is 5.54. The highest BCUT2D eigenvalue weighted by Crippen LogP contribution is 2.25. The number of hydrogen-bond donors (Lipinski definition) is 1. The van der Waals surface area contributed by atoms with Gasteiger partial charge in [-0.1, -0.05) is 15.9 Å². The summed E-state index contributed by atoms with van der Waals surface area (Å²) in [4.78, 5) is 11.5. The van der Waals surface area contributed by atoms with Crippen LogP contribution in [-0.2, 0) is 0 Å². The van der Waals surface area contributed by atoms with Crippen molar-refractivity contribution in [3.63, 3.8) is 0 Å². The van der Waals surface area contributed by atoms with Crippen LogP contribution in [-0.4, -0.2) is 23.8 Å². The van der Waals surface area contributed by atoms with Crippen molar-refractivity contribution in [2.24, 2.45) is 0 Å². The van der Waals surface area contributed by atoms with Crippen molar-refractivity contribution in [2.75, 3.05) is 12.4 Å². The van der Waals surface area contributed by atoms with Crippen LogP contribution in [0.5, 0.6) is 0 Å². The maximum absolute atomic E-state index is 10.6. The lowest BCUT2D eigenvalue weighted by molar-refractivity contribution is 0.112. The number of aldehydes is 1. The Balaban J connectivity index is 2.87. The van der Waals surface area contributed by atoms with E-state index in [0.29, 0.717) is 11.3 Å². The zero-order valence-electron chi connectivity index (χ0n) is 6.87. The summed E-state index contributed by atoms with van der Waals surface area (Å²) in [7, 11) is 0. The molecule has 70 valence electrons. The Hall–Kier alpha value is -0.320. The number of rotatable bonds is 4. The number of aliphatic hydroxyl groups is 1. The molecule has 1 N–H and O–H groups in total. The highest BCUT2D eigenvalue weighted by atomic mass is 79.9. The number of benzene rings is 1. The number of carbonyl (C=O) groups is 1. The van der Waals surface area contributed by atoms with Crippen molar-refractivity contribution in [1.29, 1.82) is 0 Å². The molecule has 0 saturated heterocycles. The molecule has 0 heterocycles. The van der Waals surface area contributed by atoms with E-state index in [0.717, 1.165) is 15.7 Å². The molecule has 0 aliphatic rings. The molecular weight excluding hydrogens is 252 g/mol. The Morgan fingerprint density at radius 3 is 2.92 bits per heavy atom. The standard InChI is InChI=1S/C9H9BrO2S/c10-8-2-1-7(6-12)9(5-8)13-4-3-11/h1-2,5-6,11H,3-4H2. The van der Waals surface area contributed by atoms with E-state index < -0.39 is 0 Å². The lowest BCUT2D eigenvalue weighted by atomic mass is 10.2. The maximum Gasteiger partial charge on any atom is 0.151 e. The van der Waals surface area contributed by atoms with Gasteiger partial charge in [-0.15, -0.1) is 11.8 Å². The Bertz CT molecular complexity index is 302. The Morgan fingerprint density at radius 1 is 1.54 bits per heavy atom. The summed E-state index contributed by atoms with van der Waals surface area (Å²) in [5.41, 5.74) is 0.668. The van der Waals surface area contributed by atoms with Crippen LogP contribution in [0.3, 0.4) is 0 Å². The van der Waals surface area contributed by atoms with Crippen LogP contribution in [0, 0.1) is 0 Å². The van der Waals surface area contributed by atoms with Gasteiger partial charge in [0, 0.05) is 20.7 Å². The predicted octanol–water partition coefficient (Wildman–Crippen LogP) is 2.35. The van der Waals surface area contributed by atoms with Crippen LogP contribution in [0.4, 0.5) is 0 Å². The summed E-state index contributed by atoms with van der Waals surface area (Å²) < 4.78 is 0.943. The van der Waals surface area contributed by atoms with Crippen LogP contribution < -0.4 is 0 Å². The molecule has 0 unspecified atom stereocenters. The number of aliphatic hydroxyl groups excluding tert-OH is 1. The predicted molar refractivity (Wildman–Crippen MR) is 57.3 cm³/mol. The van der Waals surface area contributed by atoms with Crippen molar-refractivity contribution in [2.45, 2.75) is 4.90 Å². The minimum atomic E-state index is 0.121. The molecule has 2 nitrogen and oxygen atoms in total. The Morgan fingerprint density at radius 2 is 2.31 bits per heavy atom. The van der Waals surface area contributed by atoms with Gasteiger partial charge in [0.15, 0.2) is 6.29 Å². The molecule has 0 aliphatic heterocycles. The first-order chi connectivity index (χ1) is 6.27. The van der Waals surface area contributed by atoms with Crippen LogP contribution >= 0.6 is 27.7 Å². The first kappa shape index (κ1) is 10.8. The molecule has 0 aliphatic carbocycles. The van der Waals surface area contributed by atoms with Gasteiger partial charge in [0.2, 0.25) is 0 Å². The van der Waals surface area contributed by atoms with Gasteiger partial charge in [0.25, 0.3) is 0 Å². The van der Waals surface area contributed by atoms with Gasteiger partial charge in [0.05, 0.1) is 6.61 Å². The van der Waals surface area contributed by atoms with Gasteiger partial charge in [0.1, 0.15) is 0 Å². The van der Waals surface area contributed by atoms with Crippen molar-refractivity contribution in [1.82, 2.24) is 0 Å². The largest absolute Gasteiger partial charge is 0.396 e. The fourth-order valence-corrected chi connectivity index (χ4v) is 2.20. The zero-order chi connectivity index (χ0) is 9.68. The molecule has 0 spiro atoms. The molecule has 0 bridgehead atoms. The molecule has 13 heavy (non-hydrogen) atoms. The average Bonchev–Trinajstić information content (AvgIpc) is 2.15. The molecule has 0 aromatic heterocycles. The van der Waals surface area contributed by atoms with E-state index in [1.165, 1.54) is 11.8 Å². The molecule has 0 fully saturated rings. The second-order valence-electron chi connectivity index (χ2n) is 2.37. The highest BCUT2D eigenvalue weighted by Gasteiger charge is 2.02. The average molecular weight is 261 g/mol. The summed E-state index contributed by atoms with van der Waals surface area (Å²) in [5.74, 6) is 0.608. The molecule has 1 rings (SSSR count). The summed E-state index contributed by atoms with van der Waals surface area (Å²) in [6, 6.07) is 5.47. The van der Waals surface area contributed by atoms with Crippen molar-refractivity contribution >= 4 is 34.0 Å². The van der Waals surface area contributed by atoms with Crippen molar-refractivity contribution < 1.29 is 9.90 Å². The van der Waals surface area contributed by atoms with Gasteiger partial charge in [-0.2, -0.15) is 0 Å². The first-order valence-electron chi connectivity index (χ1n) is 3.76. The maximum atomic E-state index is 10.6. The van der Waals surface area contributed by atoms with E-state index in [1.807, 2.05) is 12.1 Å². The fraction of sp³-hybridized carbons (Fsp3) is 0.222. The van der Waals surface area contributed by atoms with Gasteiger partial charge in [-0.25, -0.2) is 0 Å². The van der Waals surface area contributed by atoms with Crippen molar-refractivity contribution in [3.8, 4) is 0 Å². The van der Waals surface area contributed by atoms with Gasteiger partial charge in [-0.05, 0) is 18.2 Å². The lowest BCUT2D eigenvalue weighted by Crippen LogP contribution is -1.89. The highest BCUT2D eigenvalue weighted by molar-refractivity contribution is 9.10. The van der Waals surface area contributed by atoms with Gasteiger partial charge < -0.3 is 5.11 Å². The number of thioether (sulfide) groups is 1. The van der Waals surface area contributed by atoms with Crippen LogP contribution in [0.1, 0.15) is 10.4 Å². The van der Waals surface area contributed by atoms with Crippen LogP contribution in [0.15, 0.2) is 27.6 Å². The van der Waals surface area contributed by atoms with E-state index in [-0.39, 0.29) is 6.61 Å². The molecule has 1 aromatic carbocycles.